The molecule has 90 valence electrons. The molecule has 0 aromatic carbocycles. The minimum Gasteiger partial charge on any atom is -0.351 e. The molecule has 0 bridgehead atoms. The number of Topliss-reactive ketones (excluding diaryl/α,β-unsaturated/α-hetero) is 1. The number of carbonyl (C=O) groups is 1. The van der Waals surface area contributed by atoms with Crippen molar-refractivity contribution in [3.63, 3.8) is 0 Å². The lowest BCUT2D eigenvalue weighted by atomic mass is 9.74. The fourth-order valence-corrected chi connectivity index (χ4v) is 4.14. The summed E-state index contributed by atoms with van der Waals surface area (Å²) in [6, 6.07) is 0. The first kappa shape index (κ1) is 13.5. The number of fused-ring (bicyclic) bond motifs is 1. The van der Waals surface area contributed by atoms with Gasteiger partial charge in [-0.2, -0.15) is 0 Å². The van der Waals surface area contributed by atoms with Gasteiger partial charge in [0.25, 0.3) is 5.25 Å². The van der Waals surface area contributed by atoms with E-state index in [0.717, 1.165) is 0 Å². The Morgan fingerprint density at radius 3 is 2.19 bits per heavy atom. The molecule has 1 aliphatic carbocycles. The highest BCUT2D eigenvalue weighted by Gasteiger charge is 2.80. The number of ether oxygens (including phenoxy) is 1. The highest BCUT2D eigenvalue weighted by molar-refractivity contribution is 6.64. The van der Waals surface area contributed by atoms with Crippen LogP contribution in [0.15, 0.2) is 10.1 Å². The second kappa shape index (κ2) is 3.55. The zero-order valence-electron chi connectivity index (χ0n) is 7.11. The van der Waals surface area contributed by atoms with Crippen molar-refractivity contribution in [3.8, 4) is 0 Å². The van der Waals surface area contributed by atoms with Crippen LogP contribution in [0.3, 0.4) is 0 Å². The molecule has 1 saturated heterocycles. The third-order valence-corrected chi connectivity index (χ3v) is 5.98. The summed E-state index contributed by atoms with van der Waals surface area (Å²) in [5, 5.41) is 6.79. The molecule has 9 heteroatoms. The summed E-state index contributed by atoms with van der Waals surface area (Å²) in [6.07, 6.45) is 0. The molecule has 0 radical (unpaired) electrons. The quantitative estimate of drug-likeness (QED) is 0.686. The van der Waals surface area contributed by atoms with Crippen LogP contribution < -0.4 is 0 Å². The smallest absolute Gasteiger partial charge is 0.275 e. The molecule has 0 saturated carbocycles. The van der Waals surface area contributed by atoms with Crippen LogP contribution in [0.25, 0.3) is 0 Å². The third-order valence-electron chi connectivity index (χ3n) is 2.50. The molecule has 0 unspecified atom stereocenters. The first-order chi connectivity index (χ1) is 7.10. The van der Waals surface area contributed by atoms with Crippen molar-refractivity contribution in [1.29, 1.82) is 0 Å². The summed E-state index contributed by atoms with van der Waals surface area (Å²) in [5.41, 5.74) is -1.56. The fourth-order valence-electron chi connectivity index (χ4n) is 1.60. The second-order valence-corrected chi connectivity index (χ2v) is 6.10. The number of halogens is 6. The van der Waals surface area contributed by atoms with Crippen molar-refractivity contribution in [3.05, 3.63) is 10.1 Å². The van der Waals surface area contributed by atoms with E-state index >= 15 is 0 Å². The van der Waals surface area contributed by atoms with Crippen molar-refractivity contribution in [2.75, 3.05) is 0 Å². The molecule has 1 heterocycles. The van der Waals surface area contributed by atoms with E-state index < -0.39 is 26.3 Å². The van der Waals surface area contributed by atoms with Crippen molar-refractivity contribution in [1.82, 2.24) is 0 Å². The highest BCUT2D eigenvalue weighted by Crippen LogP contribution is 2.67. The lowest BCUT2D eigenvalue weighted by Crippen LogP contribution is -2.75. The molecular weight excluding hydrogens is 345 g/mol. The summed E-state index contributed by atoms with van der Waals surface area (Å²) in [5.74, 6) is -0.828. The van der Waals surface area contributed by atoms with Gasteiger partial charge in [0.2, 0.25) is 5.78 Å². The summed E-state index contributed by atoms with van der Waals surface area (Å²) in [7, 11) is 0. The SMILES string of the molecule is O=C1[C@H](Cl)O[C@](O)(Cl)[C@]2(Cl)C(Cl)=C(Cl)[C@]12Cl. The van der Waals surface area contributed by atoms with E-state index in [2.05, 4.69) is 4.74 Å². The molecule has 2 rings (SSSR count). The number of carbonyl (C=O) groups excluding carboxylic acids is 1. The molecule has 0 spiro atoms. The van der Waals surface area contributed by atoms with Crippen LogP contribution in [0.2, 0.25) is 0 Å². The van der Waals surface area contributed by atoms with Crippen molar-refractivity contribution in [2.24, 2.45) is 0 Å². The molecule has 4 atom stereocenters. The van der Waals surface area contributed by atoms with Gasteiger partial charge < -0.3 is 9.84 Å². The van der Waals surface area contributed by atoms with Crippen LogP contribution >= 0.6 is 69.6 Å². The standard InChI is InChI=1S/C7H2Cl6O3/c8-1-2(9)6(12)5(1,11)3(14)4(10)16-7(6,13)15/h4,15H/t4-,5+,6+,7+/m1/s1. The molecule has 0 amide bonds. The molecular formula is C7H2Cl6O3. The topological polar surface area (TPSA) is 46.5 Å². The first-order valence-electron chi connectivity index (χ1n) is 3.82. The Morgan fingerprint density at radius 2 is 1.69 bits per heavy atom. The van der Waals surface area contributed by atoms with Gasteiger partial charge in [-0.05, 0) is 0 Å². The molecule has 1 fully saturated rings. The second-order valence-electron chi connectivity index (χ2n) is 3.30. The zero-order chi connectivity index (χ0) is 12.5. The minimum atomic E-state index is -2.52. The Bertz CT molecular complexity index is 420. The highest BCUT2D eigenvalue weighted by atomic mass is 35.5. The number of ketones is 1. The van der Waals surface area contributed by atoms with Crippen molar-refractivity contribution in [2.45, 2.75) is 20.6 Å². The van der Waals surface area contributed by atoms with E-state index in [-0.39, 0.29) is 10.1 Å². The molecule has 0 aromatic heterocycles. The number of aliphatic hydroxyl groups is 1. The van der Waals surface area contributed by atoms with Gasteiger partial charge in [0, 0.05) is 0 Å². The summed E-state index contributed by atoms with van der Waals surface area (Å²) in [4.78, 5) is 7.71. The lowest BCUT2D eigenvalue weighted by Gasteiger charge is -2.57. The van der Waals surface area contributed by atoms with Crippen LogP contribution in [-0.2, 0) is 9.53 Å². The predicted molar refractivity (Wildman–Crippen MR) is 62.4 cm³/mol. The van der Waals surface area contributed by atoms with E-state index in [9.17, 15) is 9.90 Å². The van der Waals surface area contributed by atoms with Crippen LogP contribution in [0.5, 0.6) is 0 Å². The van der Waals surface area contributed by atoms with Gasteiger partial charge in [0.15, 0.2) is 15.3 Å². The first-order valence-corrected chi connectivity index (χ1v) is 6.15. The van der Waals surface area contributed by atoms with Gasteiger partial charge in [-0.25, -0.2) is 0 Å². The Hall–Kier alpha value is 1.07. The van der Waals surface area contributed by atoms with Crippen LogP contribution in [0.4, 0.5) is 0 Å². The van der Waals surface area contributed by atoms with E-state index in [1.807, 2.05) is 0 Å². The Balaban J connectivity index is 2.66. The van der Waals surface area contributed by atoms with E-state index in [1.165, 1.54) is 0 Å². The third kappa shape index (κ3) is 1.19. The molecule has 1 aliphatic heterocycles. The van der Waals surface area contributed by atoms with Gasteiger partial charge in [-0.15, -0.1) is 23.2 Å². The largest absolute Gasteiger partial charge is 0.351 e. The Kier molecular flexibility index (Phi) is 2.99. The van der Waals surface area contributed by atoms with E-state index in [0.29, 0.717) is 0 Å². The summed E-state index contributed by atoms with van der Waals surface area (Å²) >= 11 is 34.5. The molecule has 16 heavy (non-hydrogen) atoms. The van der Waals surface area contributed by atoms with Crippen LogP contribution in [0, 0.1) is 0 Å². The maximum Gasteiger partial charge on any atom is 0.275 e. The maximum absolute atomic E-state index is 11.7. The maximum atomic E-state index is 11.7. The number of hydrogen-bond acceptors (Lipinski definition) is 3. The van der Waals surface area contributed by atoms with Gasteiger partial charge in [0.1, 0.15) is 0 Å². The Labute approximate surface area is 120 Å². The zero-order valence-corrected chi connectivity index (χ0v) is 11.6. The number of allylic oxidation sites excluding steroid dienone is 1. The fraction of sp³-hybridized carbons (Fsp3) is 0.571. The van der Waals surface area contributed by atoms with Gasteiger partial charge in [-0.3, -0.25) is 4.79 Å². The van der Waals surface area contributed by atoms with Gasteiger partial charge in [-0.1, -0.05) is 46.4 Å². The number of rotatable bonds is 0. The molecule has 0 aromatic rings. The summed E-state index contributed by atoms with van der Waals surface area (Å²) in [6.45, 7) is 0. The minimum absolute atomic E-state index is 0.219. The summed E-state index contributed by atoms with van der Waals surface area (Å²) < 4.78 is 4.65. The van der Waals surface area contributed by atoms with Crippen LogP contribution in [0.1, 0.15) is 0 Å². The number of hydrogen-bond donors (Lipinski definition) is 1. The lowest BCUT2D eigenvalue weighted by molar-refractivity contribution is -0.200. The van der Waals surface area contributed by atoms with E-state index in [1.54, 1.807) is 0 Å². The average Bonchev–Trinajstić information content (AvgIpc) is 2.21. The molecule has 3 nitrogen and oxygen atoms in total. The Morgan fingerprint density at radius 1 is 1.19 bits per heavy atom. The predicted octanol–water partition coefficient (Wildman–Crippen LogP) is 2.69. The molecule has 1 N–H and O–H groups in total. The van der Waals surface area contributed by atoms with Crippen molar-refractivity contribution < 1.29 is 14.6 Å². The normalized spacial score (nSPS) is 52.4. The van der Waals surface area contributed by atoms with Gasteiger partial charge in [0.05, 0.1) is 10.1 Å². The van der Waals surface area contributed by atoms with Crippen LogP contribution in [-0.4, -0.2) is 31.4 Å². The average molecular weight is 347 g/mol. The van der Waals surface area contributed by atoms with Gasteiger partial charge >= 0.3 is 0 Å². The molecule has 2 aliphatic rings. The number of alkyl halides is 4. The monoisotopic (exact) mass is 344 g/mol. The van der Waals surface area contributed by atoms with E-state index in [4.69, 9.17) is 69.6 Å². The van der Waals surface area contributed by atoms with Crippen molar-refractivity contribution >= 4 is 75.4 Å².